The molecule has 0 bridgehead atoms. The highest BCUT2D eigenvalue weighted by Crippen LogP contribution is 2.57. The van der Waals surface area contributed by atoms with Crippen LogP contribution in [0.4, 0.5) is 17.1 Å². The van der Waals surface area contributed by atoms with Crippen LogP contribution < -0.4 is 4.90 Å². The Bertz CT molecular complexity index is 3030. The predicted molar refractivity (Wildman–Crippen MR) is 236 cm³/mol. The molecule has 0 unspecified atom stereocenters. The van der Waals surface area contributed by atoms with Crippen molar-refractivity contribution in [1.29, 1.82) is 0 Å². The van der Waals surface area contributed by atoms with Gasteiger partial charge in [-0.25, -0.2) is 0 Å². The molecule has 0 atom stereocenters. The lowest BCUT2D eigenvalue weighted by Gasteiger charge is -2.35. The van der Waals surface area contributed by atoms with Crippen LogP contribution in [0, 0.1) is 0 Å². The first kappa shape index (κ1) is 32.2. The van der Waals surface area contributed by atoms with Gasteiger partial charge < -0.3 is 4.90 Å². The van der Waals surface area contributed by atoms with E-state index in [4.69, 9.17) is 0 Å². The van der Waals surface area contributed by atoms with Gasteiger partial charge in [-0.15, -0.1) is 0 Å². The van der Waals surface area contributed by atoms with Crippen molar-refractivity contribution in [2.45, 2.75) is 5.41 Å². The van der Waals surface area contributed by atoms with Gasteiger partial charge in [-0.1, -0.05) is 188 Å². The Morgan fingerprint density at radius 1 is 0.304 bits per heavy atom. The first-order valence-electron chi connectivity index (χ1n) is 19.4. The van der Waals surface area contributed by atoms with Crippen LogP contribution in [0.1, 0.15) is 22.3 Å². The number of rotatable bonds is 6. The third kappa shape index (κ3) is 4.95. The van der Waals surface area contributed by atoms with E-state index in [2.05, 4.69) is 229 Å². The smallest absolute Gasteiger partial charge is 0.0714 e. The van der Waals surface area contributed by atoms with E-state index in [1.54, 1.807) is 0 Å². The molecule has 0 N–H and O–H groups in total. The fourth-order valence-electron chi connectivity index (χ4n) is 9.39. The summed E-state index contributed by atoms with van der Waals surface area (Å²) >= 11 is 0. The summed E-state index contributed by atoms with van der Waals surface area (Å²) in [5, 5.41) is 7.51. The van der Waals surface area contributed by atoms with Crippen LogP contribution in [0.5, 0.6) is 0 Å². The standard InChI is InChI=1S/C55H37N/c1-3-17-43(18-4-1)55(44-19-5-2-6-20-44)52-24-12-11-23-49(52)50-35-34-46(37-53(50)55)56(54-25-13-16-39-14-8-10-22-48(39)54)45-32-30-38(31-33-45)42-29-28-41-27-26-40-15-7-9-21-47(40)51(41)36-42/h1-37H. The molecule has 0 saturated heterocycles. The highest BCUT2D eigenvalue weighted by molar-refractivity contribution is 6.09. The van der Waals surface area contributed by atoms with E-state index in [9.17, 15) is 0 Å². The molecule has 0 amide bonds. The fraction of sp³-hybridized carbons (Fsp3) is 0.0182. The molecule has 0 fully saturated rings. The zero-order valence-corrected chi connectivity index (χ0v) is 30.8. The van der Waals surface area contributed by atoms with Crippen LogP contribution >= 0.6 is 0 Å². The Kier molecular flexibility index (Phi) is 7.47. The molecule has 0 heterocycles. The molecule has 0 aromatic heterocycles. The summed E-state index contributed by atoms with van der Waals surface area (Å²) in [6.45, 7) is 0. The second kappa shape index (κ2) is 13.0. The summed E-state index contributed by atoms with van der Waals surface area (Å²) in [6, 6.07) is 82.7. The predicted octanol–water partition coefficient (Wildman–Crippen LogP) is 14.6. The van der Waals surface area contributed by atoms with E-state index in [0.29, 0.717) is 0 Å². The Labute approximate surface area is 327 Å². The van der Waals surface area contributed by atoms with Crippen molar-refractivity contribution >= 4 is 49.4 Å². The quantitative estimate of drug-likeness (QED) is 0.155. The normalized spacial score (nSPS) is 12.8. The number of hydrogen-bond donors (Lipinski definition) is 0. The molecule has 10 aromatic carbocycles. The lowest BCUT2D eigenvalue weighted by Crippen LogP contribution is -2.28. The summed E-state index contributed by atoms with van der Waals surface area (Å²) in [5.41, 5.74) is 13.0. The van der Waals surface area contributed by atoms with Crippen LogP contribution in [0.3, 0.4) is 0 Å². The summed E-state index contributed by atoms with van der Waals surface area (Å²) in [7, 11) is 0. The molecule has 0 spiro atoms. The Morgan fingerprint density at radius 3 is 1.59 bits per heavy atom. The second-order valence-corrected chi connectivity index (χ2v) is 14.9. The van der Waals surface area contributed by atoms with Gasteiger partial charge in [-0.3, -0.25) is 0 Å². The minimum Gasteiger partial charge on any atom is -0.310 e. The summed E-state index contributed by atoms with van der Waals surface area (Å²) in [4.78, 5) is 2.45. The molecule has 0 radical (unpaired) electrons. The van der Waals surface area contributed by atoms with Crippen molar-refractivity contribution in [3.8, 4) is 22.3 Å². The van der Waals surface area contributed by atoms with Gasteiger partial charge in [-0.05, 0) is 108 Å². The lowest BCUT2D eigenvalue weighted by molar-refractivity contribution is 0.768. The van der Waals surface area contributed by atoms with Gasteiger partial charge in [-0.2, -0.15) is 0 Å². The number of benzene rings is 10. The summed E-state index contributed by atoms with van der Waals surface area (Å²) in [6.07, 6.45) is 0. The molecular formula is C55H37N. The maximum atomic E-state index is 2.46. The van der Waals surface area contributed by atoms with Gasteiger partial charge in [0.2, 0.25) is 0 Å². The van der Waals surface area contributed by atoms with Crippen LogP contribution in [-0.2, 0) is 5.41 Å². The number of hydrogen-bond acceptors (Lipinski definition) is 1. The van der Waals surface area contributed by atoms with Gasteiger partial charge in [0.25, 0.3) is 0 Å². The molecule has 1 aliphatic rings. The Balaban J connectivity index is 1.12. The highest BCUT2D eigenvalue weighted by Gasteiger charge is 2.46. The maximum absolute atomic E-state index is 2.46. The first-order chi connectivity index (χ1) is 27.8. The van der Waals surface area contributed by atoms with Crippen LogP contribution in [0.15, 0.2) is 224 Å². The Hall–Kier alpha value is -7.22. The SMILES string of the molecule is c1ccc(C2(c3ccccc3)c3ccccc3-c3ccc(N(c4ccc(-c5ccc6ccc7ccccc7c6c5)cc4)c4cccc5ccccc45)cc32)cc1. The number of anilines is 3. The van der Waals surface area contributed by atoms with Gasteiger partial charge in [0, 0.05) is 16.8 Å². The van der Waals surface area contributed by atoms with Crippen molar-refractivity contribution in [3.63, 3.8) is 0 Å². The van der Waals surface area contributed by atoms with Crippen LogP contribution in [0.2, 0.25) is 0 Å². The highest BCUT2D eigenvalue weighted by atomic mass is 15.1. The molecule has 56 heavy (non-hydrogen) atoms. The molecule has 1 nitrogen and oxygen atoms in total. The van der Waals surface area contributed by atoms with Crippen molar-refractivity contribution in [2.75, 3.05) is 4.90 Å². The molecule has 11 rings (SSSR count). The molecule has 10 aromatic rings. The van der Waals surface area contributed by atoms with E-state index < -0.39 is 5.41 Å². The zero-order valence-electron chi connectivity index (χ0n) is 30.8. The minimum absolute atomic E-state index is 0.487. The van der Waals surface area contributed by atoms with Crippen LogP contribution in [0.25, 0.3) is 54.6 Å². The van der Waals surface area contributed by atoms with E-state index in [0.717, 1.165) is 17.1 Å². The minimum atomic E-state index is -0.487. The zero-order chi connectivity index (χ0) is 37.1. The molecule has 0 saturated carbocycles. The monoisotopic (exact) mass is 711 g/mol. The van der Waals surface area contributed by atoms with Crippen molar-refractivity contribution < 1.29 is 0 Å². The van der Waals surface area contributed by atoms with Gasteiger partial charge in [0.05, 0.1) is 11.1 Å². The summed E-state index contributed by atoms with van der Waals surface area (Å²) in [5.74, 6) is 0. The van der Waals surface area contributed by atoms with E-state index in [1.165, 1.54) is 76.8 Å². The fourth-order valence-corrected chi connectivity index (χ4v) is 9.39. The molecular weight excluding hydrogens is 675 g/mol. The van der Waals surface area contributed by atoms with Gasteiger partial charge in [0.15, 0.2) is 0 Å². The molecule has 262 valence electrons. The van der Waals surface area contributed by atoms with E-state index >= 15 is 0 Å². The first-order valence-corrected chi connectivity index (χ1v) is 19.4. The van der Waals surface area contributed by atoms with Crippen LogP contribution in [-0.4, -0.2) is 0 Å². The largest absolute Gasteiger partial charge is 0.310 e. The topological polar surface area (TPSA) is 3.24 Å². The third-order valence-electron chi connectivity index (χ3n) is 11.9. The van der Waals surface area contributed by atoms with Gasteiger partial charge in [0.1, 0.15) is 0 Å². The third-order valence-corrected chi connectivity index (χ3v) is 11.9. The molecule has 0 aliphatic heterocycles. The molecule has 1 aliphatic carbocycles. The second-order valence-electron chi connectivity index (χ2n) is 14.9. The summed E-state index contributed by atoms with van der Waals surface area (Å²) < 4.78 is 0. The maximum Gasteiger partial charge on any atom is 0.0714 e. The van der Waals surface area contributed by atoms with E-state index in [-0.39, 0.29) is 0 Å². The lowest BCUT2D eigenvalue weighted by atomic mass is 9.67. The van der Waals surface area contributed by atoms with Gasteiger partial charge >= 0.3 is 0 Å². The number of nitrogens with zero attached hydrogens (tertiary/aromatic N) is 1. The average Bonchev–Trinajstić information content (AvgIpc) is 3.57. The van der Waals surface area contributed by atoms with Crippen molar-refractivity contribution in [1.82, 2.24) is 0 Å². The van der Waals surface area contributed by atoms with Crippen molar-refractivity contribution in [2.24, 2.45) is 0 Å². The van der Waals surface area contributed by atoms with E-state index in [1.807, 2.05) is 0 Å². The van der Waals surface area contributed by atoms with Crippen molar-refractivity contribution in [3.05, 3.63) is 247 Å². The number of fused-ring (bicyclic) bond motifs is 7. The Morgan fingerprint density at radius 2 is 0.839 bits per heavy atom. The molecule has 1 heteroatoms. The average molecular weight is 712 g/mol.